The Morgan fingerprint density at radius 2 is 2.05 bits per heavy atom. The molecule has 5 heteroatoms. The summed E-state index contributed by atoms with van der Waals surface area (Å²) in [6.07, 6.45) is 4.54. The van der Waals surface area contributed by atoms with E-state index >= 15 is 0 Å². The summed E-state index contributed by atoms with van der Waals surface area (Å²) in [6, 6.07) is 4.03. The van der Waals surface area contributed by atoms with Gasteiger partial charge in [0.1, 0.15) is 5.54 Å². The zero-order valence-corrected chi connectivity index (χ0v) is 13.6. The lowest BCUT2D eigenvalue weighted by molar-refractivity contribution is -0.151. The summed E-state index contributed by atoms with van der Waals surface area (Å²) < 4.78 is 5.19. The number of rotatable bonds is 9. The van der Waals surface area contributed by atoms with Crippen LogP contribution in [0.5, 0.6) is 0 Å². The van der Waals surface area contributed by atoms with Crippen molar-refractivity contribution in [3.8, 4) is 0 Å². The standard InChI is InChI=1S/C16H27N3O2/c1-5-18-16(3,15(20)21-6-2)13-19(4)12-9-14-7-10-17-11-8-14/h7-8,10-11,18H,5-6,9,12-13H2,1-4H3. The highest BCUT2D eigenvalue weighted by atomic mass is 16.5. The van der Waals surface area contributed by atoms with Crippen LogP contribution in [0, 0.1) is 0 Å². The molecule has 0 aliphatic heterocycles. The van der Waals surface area contributed by atoms with Gasteiger partial charge in [-0.3, -0.25) is 9.78 Å². The molecule has 0 radical (unpaired) electrons. The monoisotopic (exact) mass is 293 g/mol. The highest BCUT2D eigenvalue weighted by Crippen LogP contribution is 2.10. The molecular formula is C16H27N3O2. The number of esters is 1. The second-order valence-corrected chi connectivity index (χ2v) is 5.43. The van der Waals surface area contributed by atoms with E-state index in [0.29, 0.717) is 13.2 Å². The number of nitrogens with one attached hydrogen (secondary N) is 1. The first-order valence-electron chi connectivity index (χ1n) is 7.51. The molecule has 0 saturated carbocycles. The van der Waals surface area contributed by atoms with E-state index in [2.05, 4.69) is 15.2 Å². The minimum absolute atomic E-state index is 0.192. The predicted octanol–water partition coefficient (Wildman–Crippen LogP) is 1.49. The molecule has 118 valence electrons. The summed E-state index contributed by atoms with van der Waals surface area (Å²) in [5.41, 5.74) is 0.579. The predicted molar refractivity (Wildman–Crippen MR) is 84.2 cm³/mol. The van der Waals surface area contributed by atoms with Crippen LogP contribution in [0.2, 0.25) is 0 Å². The van der Waals surface area contributed by atoms with Crippen LogP contribution in [0.3, 0.4) is 0 Å². The summed E-state index contributed by atoms with van der Waals surface area (Å²) in [4.78, 5) is 18.3. The second-order valence-electron chi connectivity index (χ2n) is 5.43. The van der Waals surface area contributed by atoms with Crippen LogP contribution in [0.15, 0.2) is 24.5 Å². The number of hydrogen-bond donors (Lipinski definition) is 1. The molecule has 0 amide bonds. The Hall–Kier alpha value is -1.46. The number of carbonyl (C=O) groups is 1. The molecule has 0 aliphatic carbocycles. The number of ether oxygens (including phenoxy) is 1. The van der Waals surface area contributed by atoms with Crippen LogP contribution in [0.25, 0.3) is 0 Å². The Balaban J connectivity index is 2.55. The fourth-order valence-corrected chi connectivity index (χ4v) is 2.36. The molecule has 5 nitrogen and oxygen atoms in total. The average Bonchev–Trinajstić information content (AvgIpc) is 2.46. The Kier molecular flexibility index (Phi) is 7.32. The molecule has 1 atom stereocenters. The van der Waals surface area contributed by atoms with Crippen LogP contribution in [-0.4, -0.2) is 54.7 Å². The first kappa shape index (κ1) is 17.6. The SMILES string of the molecule is CCNC(C)(CN(C)CCc1ccncc1)C(=O)OCC. The van der Waals surface area contributed by atoms with Gasteiger partial charge in [-0.05, 0) is 51.6 Å². The molecule has 1 unspecified atom stereocenters. The second kappa shape index (κ2) is 8.74. The van der Waals surface area contributed by atoms with E-state index in [1.807, 2.05) is 40.0 Å². The molecule has 0 bridgehead atoms. The highest BCUT2D eigenvalue weighted by molar-refractivity contribution is 5.80. The van der Waals surface area contributed by atoms with Gasteiger partial charge in [0.15, 0.2) is 0 Å². The van der Waals surface area contributed by atoms with Gasteiger partial charge >= 0.3 is 5.97 Å². The van der Waals surface area contributed by atoms with E-state index in [9.17, 15) is 4.79 Å². The van der Waals surface area contributed by atoms with Crippen molar-refractivity contribution < 1.29 is 9.53 Å². The van der Waals surface area contributed by atoms with Gasteiger partial charge in [-0.15, -0.1) is 0 Å². The molecule has 1 N–H and O–H groups in total. The minimum atomic E-state index is -0.669. The van der Waals surface area contributed by atoms with E-state index < -0.39 is 5.54 Å². The lowest BCUT2D eigenvalue weighted by Gasteiger charge is -2.32. The number of nitrogens with zero attached hydrogens (tertiary/aromatic N) is 2. The first-order chi connectivity index (χ1) is 10.0. The Bertz CT molecular complexity index is 425. The van der Waals surface area contributed by atoms with Gasteiger partial charge in [0, 0.05) is 25.5 Å². The molecule has 21 heavy (non-hydrogen) atoms. The number of hydrogen-bond acceptors (Lipinski definition) is 5. The fourth-order valence-electron chi connectivity index (χ4n) is 2.36. The van der Waals surface area contributed by atoms with E-state index in [0.717, 1.165) is 19.5 Å². The van der Waals surface area contributed by atoms with E-state index in [-0.39, 0.29) is 5.97 Å². The maximum absolute atomic E-state index is 12.1. The van der Waals surface area contributed by atoms with Crippen molar-refractivity contribution in [1.82, 2.24) is 15.2 Å². The third-order valence-electron chi connectivity index (χ3n) is 3.41. The highest BCUT2D eigenvalue weighted by Gasteiger charge is 2.34. The summed E-state index contributed by atoms with van der Waals surface area (Å²) in [7, 11) is 2.02. The number of carbonyl (C=O) groups excluding carboxylic acids is 1. The molecule has 0 saturated heterocycles. The van der Waals surface area contributed by atoms with Crippen LogP contribution in [0.4, 0.5) is 0 Å². The summed E-state index contributed by atoms with van der Waals surface area (Å²) in [5.74, 6) is -0.192. The van der Waals surface area contributed by atoms with E-state index in [1.54, 1.807) is 12.4 Å². The number of likely N-dealkylation sites (N-methyl/N-ethyl adjacent to an activating group) is 2. The average molecular weight is 293 g/mol. The lowest BCUT2D eigenvalue weighted by Crippen LogP contribution is -2.57. The van der Waals surface area contributed by atoms with Gasteiger partial charge in [-0.2, -0.15) is 0 Å². The van der Waals surface area contributed by atoms with Crippen molar-refractivity contribution in [1.29, 1.82) is 0 Å². The van der Waals surface area contributed by atoms with Gasteiger partial charge in [0.2, 0.25) is 0 Å². The van der Waals surface area contributed by atoms with Gasteiger partial charge < -0.3 is 15.0 Å². The van der Waals surface area contributed by atoms with Crippen molar-refractivity contribution in [2.24, 2.45) is 0 Å². The Morgan fingerprint density at radius 3 is 2.62 bits per heavy atom. The first-order valence-corrected chi connectivity index (χ1v) is 7.51. The molecule has 0 aromatic carbocycles. The molecule has 1 aromatic rings. The summed E-state index contributed by atoms with van der Waals surface area (Å²) in [5, 5.41) is 3.25. The van der Waals surface area contributed by atoms with Crippen molar-refractivity contribution in [2.75, 3.05) is 33.3 Å². The molecule has 1 heterocycles. The summed E-state index contributed by atoms with van der Waals surface area (Å²) in [6.45, 7) is 8.35. The van der Waals surface area contributed by atoms with Crippen LogP contribution < -0.4 is 5.32 Å². The van der Waals surface area contributed by atoms with E-state index in [1.165, 1.54) is 5.56 Å². The molecular weight excluding hydrogens is 266 g/mol. The third-order valence-corrected chi connectivity index (χ3v) is 3.41. The molecule has 1 aromatic heterocycles. The van der Waals surface area contributed by atoms with Gasteiger partial charge in [0.25, 0.3) is 0 Å². The quantitative estimate of drug-likeness (QED) is 0.699. The molecule has 0 aliphatic rings. The molecule has 0 fully saturated rings. The third kappa shape index (κ3) is 5.81. The van der Waals surface area contributed by atoms with Crippen LogP contribution in [0.1, 0.15) is 26.3 Å². The molecule has 0 spiro atoms. The zero-order chi connectivity index (χ0) is 15.7. The Labute approximate surface area is 127 Å². The lowest BCUT2D eigenvalue weighted by atomic mass is 10.0. The van der Waals surface area contributed by atoms with Crippen LogP contribution >= 0.6 is 0 Å². The maximum Gasteiger partial charge on any atom is 0.327 e. The summed E-state index contributed by atoms with van der Waals surface area (Å²) >= 11 is 0. The van der Waals surface area contributed by atoms with Gasteiger partial charge in [-0.25, -0.2) is 0 Å². The fraction of sp³-hybridized carbons (Fsp3) is 0.625. The topological polar surface area (TPSA) is 54.5 Å². The minimum Gasteiger partial charge on any atom is -0.465 e. The molecule has 1 rings (SSSR count). The number of aromatic nitrogens is 1. The largest absolute Gasteiger partial charge is 0.465 e. The van der Waals surface area contributed by atoms with Gasteiger partial charge in [-0.1, -0.05) is 6.92 Å². The van der Waals surface area contributed by atoms with Crippen molar-refractivity contribution in [2.45, 2.75) is 32.7 Å². The van der Waals surface area contributed by atoms with Gasteiger partial charge in [0.05, 0.1) is 6.61 Å². The Morgan fingerprint density at radius 1 is 1.38 bits per heavy atom. The van der Waals surface area contributed by atoms with E-state index in [4.69, 9.17) is 4.74 Å². The zero-order valence-electron chi connectivity index (χ0n) is 13.6. The smallest absolute Gasteiger partial charge is 0.327 e. The van der Waals surface area contributed by atoms with Crippen molar-refractivity contribution in [3.63, 3.8) is 0 Å². The normalized spacial score (nSPS) is 14.0. The van der Waals surface area contributed by atoms with Crippen molar-refractivity contribution >= 4 is 5.97 Å². The maximum atomic E-state index is 12.1. The van der Waals surface area contributed by atoms with Crippen LogP contribution in [-0.2, 0) is 16.0 Å². The van der Waals surface area contributed by atoms with Crippen molar-refractivity contribution in [3.05, 3.63) is 30.1 Å². The number of pyridine rings is 1.